The maximum atomic E-state index is 3.64. The van der Waals surface area contributed by atoms with E-state index in [0.29, 0.717) is 6.04 Å². The molecule has 15 heavy (non-hydrogen) atoms. The summed E-state index contributed by atoms with van der Waals surface area (Å²) in [7, 11) is 2.09. The van der Waals surface area contributed by atoms with Crippen LogP contribution in [0.1, 0.15) is 43.7 Å². The number of hydrogen-bond donors (Lipinski definition) is 1. The van der Waals surface area contributed by atoms with Crippen molar-refractivity contribution in [1.82, 2.24) is 5.32 Å². The van der Waals surface area contributed by atoms with Gasteiger partial charge in [0.15, 0.2) is 0 Å². The summed E-state index contributed by atoms with van der Waals surface area (Å²) in [6.45, 7) is 0. The Bertz CT molecular complexity index is 304. The molecule has 1 unspecified atom stereocenters. The van der Waals surface area contributed by atoms with Gasteiger partial charge in [-0.1, -0.05) is 19.3 Å². The number of thiophene rings is 1. The first kappa shape index (κ1) is 11.6. The predicted molar refractivity (Wildman–Crippen MR) is 70.4 cm³/mol. The zero-order valence-corrected chi connectivity index (χ0v) is 11.5. The Hall–Kier alpha value is 0.140. The predicted octanol–water partition coefficient (Wildman–Crippen LogP) is 4.35. The summed E-state index contributed by atoms with van der Waals surface area (Å²) < 4.78 is 1.28. The Morgan fingerprint density at radius 3 is 2.60 bits per heavy atom. The van der Waals surface area contributed by atoms with Gasteiger partial charge in [-0.25, -0.2) is 0 Å². The van der Waals surface area contributed by atoms with Crippen LogP contribution < -0.4 is 5.32 Å². The molecule has 1 saturated carbocycles. The van der Waals surface area contributed by atoms with Gasteiger partial charge in [-0.3, -0.25) is 0 Å². The van der Waals surface area contributed by atoms with E-state index in [1.165, 1.54) is 42.1 Å². The van der Waals surface area contributed by atoms with E-state index in [2.05, 4.69) is 39.1 Å². The van der Waals surface area contributed by atoms with E-state index in [4.69, 9.17) is 0 Å². The molecule has 3 heteroatoms. The topological polar surface area (TPSA) is 12.0 Å². The van der Waals surface area contributed by atoms with Crippen molar-refractivity contribution in [2.24, 2.45) is 5.92 Å². The SMILES string of the molecule is CNC(c1cscc1Br)C1CCCCC1. The maximum Gasteiger partial charge on any atom is 0.0365 e. The van der Waals surface area contributed by atoms with Crippen LogP contribution in [0.25, 0.3) is 0 Å². The molecule has 1 heterocycles. The van der Waals surface area contributed by atoms with Crippen molar-refractivity contribution in [1.29, 1.82) is 0 Å². The average Bonchev–Trinajstić information content (AvgIpc) is 2.68. The van der Waals surface area contributed by atoms with Crippen LogP contribution in [-0.4, -0.2) is 7.05 Å². The molecule has 0 amide bonds. The van der Waals surface area contributed by atoms with Crippen LogP contribution in [0.5, 0.6) is 0 Å². The van der Waals surface area contributed by atoms with Crippen LogP contribution in [0.2, 0.25) is 0 Å². The second kappa shape index (κ2) is 5.46. The monoisotopic (exact) mass is 287 g/mol. The molecule has 84 valence electrons. The van der Waals surface area contributed by atoms with E-state index in [1.54, 1.807) is 11.3 Å². The zero-order valence-electron chi connectivity index (χ0n) is 9.13. The first-order valence-corrected chi connectivity index (χ1v) is 7.45. The van der Waals surface area contributed by atoms with Crippen molar-refractivity contribution < 1.29 is 0 Å². The molecule has 1 aliphatic rings. The van der Waals surface area contributed by atoms with Crippen molar-refractivity contribution >= 4 is 27.3 Å². The van der Waals surface area contributed by atoms with Crippen LogP contribution in [-0.2, 0) is 0 Å². The Kier molecular flexibility index (Phi) is 4.23. The molecule has 1 atom stereocenters. The molecule has 2 rings (SSSR count). The summed E-state index contributed by atoms with van der Waals surface area (Å²) in [6.07, 6.45) is 7.01. The molecular formula is C12H18BrNS. The lowest BCUT2D eigenvalue weighted by molar-refractivity contribution is 0.281. The van der Waals surface area contributed by atoms with Gasteiger partial charge in [0, 0.05) is 15.9 Å². The van der Waals surface area contributed by atoms with E-state index < -0.39 is 0 Å². The second-order valence-electron chi connectivity index (χ2n) is 4.34. The van der Waals surface area contributed by atoms with Gasteiger partial charge in [-0.2, -0.15) is 11.3 Å². The zero-order chi connectivity index (χ0) is 10.7. The van der Waals surface area contributed by atoms with E-state index in [-0.39, 0.29) is 0 Å². The van der Waals surface area contributed by atoms with Gasteiger partial charge < -0.3 is 5.32 Å². The average molecular weight is 288 g/mol. The number of rotatable bonds is 3. The number of hydrogen-bond acceptors (Lipinski definition) is 2. The second-order valence-corrected chi connectivity index (χ2v) is 5.94. The fraction of sp³-hybridized carbons (Fsp3) is 0.667. The molecule has 0 radical (unpaired) electrons. The van der Waals surface area contributed by atoms with Crippen LogP contribution in [0.15, 0.2) is 15.2 Å². The quantitative estimate of drug-likeness (QED) is 0.871. The third kappa shape index (κ3) is 2.63. The van der Waals surface area contributed by atoms with Gasteiger partial charge in [0.25, 0.3) is 0 Å². The van der Waals surface area contributed by atoms with Gasteiger partial charge in [-0.05, 0) is 52.7 Å². The summed E-state index contributed by atoms with van der Waals surface area (Å²) in [5, 5.41) is 7.95. The van der Waals surface area contributed by atoms with E-state index in [9.17, 15) is 0 Å². The third-order valence-electron chi connectivity index (χ3n) is 3.41. The molecule has 0 aromatic carbocycles. The van der Waals surface area contributed by atoms with Crippen LogP contribution >= 0.6 is 27.3 Å². The first-order chi connectivity index (χ1) is 7.33. The lowest BCUT2D eigenvalue weighted by Crippen LogP contribution is -2.26. The highest BCUT2D eigenvalue weighted by atomic mass is 79.9. The summed E-state index contributed by atoms with van der Waals surface area (Å²) in [5.74, 6) is 0.828. The van der Waals surface area contributed by atoms with Crippen molar-refractivity contribution in [3.8, 4) is 0 Å². The largest absolute Gasteiger partial charge is 0.313 e. The summed E-state index contributed by atoms with van der Waals surface area (Å²) in [4.78, 5) is 0. The van der Waals surface area contributed by atoms with Crippen molar-refractivity contribution in [3.05, 3.63) is 20.8 Å². The normalized spacial score (nSPS) is 20.4. The minimum atomic E-state index is 0.547. The summed E-state index contributed by atoms with van der Waals surface area (Å²) in [5.41, 5.74) is 1.45. The lowest BCUT2D eigenvalue weighted by atomic mass is 9.82. The molecule has 0 spiro atoms. The fourth-order valence-electron chi connectivity index (χ4n) is 2.63. The van der Waals surface area contributed by atoms with Crippen molar-refractivity contribution in [2.45, 2.75) is 38.1 Å². The maximum absolute atomic E-state index is 3.64. The Morgan fingerprint density at radius 1 is 1.33 bits per heavy atom. The number of nitrogens with one attached hydrogen (secondary N) is 1. The third-order valence-corrected chi connectivity index (χ3v) is 5.16. The number of halogens is 1. The van der Waals surface area contributed by atoms with E-state index in [1.807, 2.05) is 0 Å². The Labute approximate surface area is 104 Å². The highest BCUT2D eigenvalue weighted by Crippen LogP contribution is 2.38. The lowest BCUT2D eigenvalue weighted by Gasteiger charge is -2.30. The molecule has 0 bridgehead atoms. The molecule has 1 N–H and O–H groups in total. The minimum Gasteiger partial charge on any atom is -0.313 e. The first-order valence-electron chi connectivity index (χ1n) is 5.71. The summed E-state index contributed by atoms with van der Waals surface area (Å²) in [6, 6.07) is 0.547. The van der Waals surface area contributed by atoms with Gasteiger partial charge in [0.2, 0.25) is 0 Å². The molecular weight excluding hydrogens is 270 g/mol. The van der Waals surface area contributed by atoms with Gasteiger partial charge >= 0.3 is 0 Å². The molecule has 1 aromatic rings. The van der Waals surface area contributed by atoms with Gasteiger partial charge in [-0.15, -0.1) is 0 Å². The standard InChI is InChI=1S/C12H18BrNS/c1-14-12(9-5-3-2-4-6-9)10-7-15-8-11(10)13/h7-9,12,14H,2-6H2,1H3. The smallest absolute Gasteiger partial charge is 0.0365 e. The molecule has 1 aromatic heterocycles. The van der Waals surface area contributed by atoms with Crippen molar-refractivity contribution in [3.63, 3.8) is 0 Å². The Balaban J connectivity index is 2.12. The van der Waals surface area contributed by atoms with Crippen LogP contribution in [0, 0.1) is 5.92 Å². The van der Waals surface area contributed by atoms with E-state index in [0.717, 1.165) is 5.92 Å². The molecule has 1 aliphatic carbocycles. The molecule has 1 nitrogen and oxygen atoms in total. The van der Waals surface area contributed by atoms with Crippen molar-refractivity contribution in [2.75, 3.05) is 7.05 Å². The van der Waals surface area contributed by atoms with Crippen LogP contribution in [0.3, 0.4) is 0 Å². The summed E-state index contributed by atoms with van der Waals surface area (Å²) >= 11 is 5.43. The minimum absolute atomic E-state index is 0.547. The van der Waals surface area contributed by atoms with Crippen LogP contribution in [0.4, 0.5) is 0 Å². The molecule has 1 fully saturated rings. The van der Waals surface area contributed by atoms with E-state index >= 15 is 0 Å². The Morgan fingerprint density at radius 2 is 2.07 bits per heavy atom. The highest BCUT2D eigenvalue weighted by molar-refractivity contribution is 9.10. The van der Waals surface area contributed by atoms with Gasteiger partial charge in [0.05, 0.1) is 0 Å². The molecule has 0 saturated heterocycles. The fourth-order valence-corrected chi connectivity index (χ4v) is 4.21. The van der Waals surface area contributed by atoms with Gasteiger partial charge in [0.1, 0.15) is 0 Å². The molecule has 0 aliphatic heterocycles. The highest BCUT2D eigenvalue weighted by Gasteiger charge is 2.25.